The van der Waals surface area contributed by atoms with Crippen molar-refractivity contribution < 1.29 is 0 Å². The van der Waals surface area contributed by atoms with Crippen LogP contribution in [0.25, 0.3) is 0 Å². The molecule has 0 saturated carbocycles. The molecule has 1 fully saturated rings. The molecular weight excluding hydrogens is 244 g/mol. The Hall–Kier alpha value is -0.730. The van der Waals surface area contributed by atoms with Gasteiger partial charge in [0.25, 0.3) is 0 Å². The molecule has 0 spiro atoms. The molecule has 1 heterocycles. The zero-order valence-corrected chi connectivity index (χ0v) is 12.1. The van der Waals surface area contributed by atoms with Gasteiger partial charge in [-0.2, -0.15) is 0 Å². The fourth-order valence-electron chi connectivity index (χ4n) is 2.74. The first-order valence-corrected chi connectivity index (χ1v) is 7.29. The van der Waals surface area contributed by atoms with Crippen LogP contribution in [0.3, 0.4) is 0 Å². The highest BCUT2D eigenvalue weighted by atomic mass is 35.5. The number of piperidine rings is 1. The minimum Gasteiger partial charge on any atom is -0.371 e. The third kappa shape index (κ3) is 2.99. The van der Waals surface area contributed by atoms with Crippen LogP contribution < -0.4 is 10.6 Å². The summed E-state index contributed by atoms with van der Waals surface area (Å²) in [5.41, 5.74) is 8.69. The van der Waals surface area contributed by atoms with Crippen LogP contribution in [0.1, 0.15) is 44.7 Å². The summed E-state index contributed by atoms with van der Waals surface area (Å²) in [5.74, 6) is 0.764. The Kier molecular flexibility index (Phi) is 4.52. The smallest absolute Gasteiger partial charge is 0.0415 e. The Morgan fingerprint density at radius 3 is 2.94 bits per heavy atom. The quantitative estimate of drug-likeness (QED) is 0.896. The van der Waals surface area contributed by atoms with Crippen LogP contribution in [0, 0.1) is 5.92 Å². The fraction of sp³-hybridized carbons (Fsp3) is 0.600. The van der Waals surface area contributed by atoms with E-state index in [-0.39, 0.29) is 6.04 Å². The number of rotatable bonds is 3. The average Bonchev–Trinajstić information content (AvgIpc) is 2.37. The third-order valence-electron chi connectivity index (χ3n) is 3.83. The zero-order chi connectivity index (χ0) is 13.1. The highest BCUT2D eigenvalue weighted by Gasteiger charge is 2.20. The van der Waals surface area contributed by atoms with Gasteiger partial charge in [0.2, 0.25) is 0 Å². The van der Waals surface area contributed by atoms with E-state index in [0.29, 0.717) is 0 Å². The van der Waals surface area contributed by atoms with Crippen LogP contribution >= 0.6 is 11.6 Å². The molecule has 2 nitrogen and oxygen atoms in total. The lowest BCUT2D eigenvalue weighted by molar-refractivity contribution is 0.445. The van der Waals surface area contributed by atoms with Crippen molar-refractivity contribution in [2.24, 2.45) is 11.7 Å². The molecule has 0 aliphatic carbocycles. The predicted molar refractivity (Wildman–Crippen MR) is 79.3 cm³/mol. The number of hydrogen-bond acceptors (Lipinski definition) is 2. The van der Waals surface area contributed by atoms with E-state index in [1.165, 1.54) is 24.1 Å². The summed E-state index contributed by atoms with van der Waals surface area (Å²) in [4.78, 5) is 2.47. The number of hydrogen-bond donors (Lipinski definition) is 1. The molecule has 3 heteroatoms. The van der Waals surface area contributed by atoms with Gasteiger partial charge in [-0.05, 0) is 48.9 Å². The van der Waals surface area contributed by atoms with Crippen molar-refractivity contribution in [1.82, 2.24) is 0 Å². The van der Waals surface area contributed by atoms with Crippen LogP contribution in [0.2, 0.25) is 5.02 Å². The molecule has 1 aromatic carbocycles. The van der Waals surface area contributed by atoms with E-state index < -0.39 is 0 Å². The van der Waals surface area contributed by atoms with Gasteiger partial charge >= 0.3 is 0 Å². The SMILES string of the molecule is CC[C@H](N)c1cc(Cl)ccc1N1CCC[C@H](C)C1. The van der Waals surface area contributed by atoms with Gasteiger partial charge in [0, 0.05) is 29.8 Å². The Balaban J connectivity index is 2.30. The molecule has 0 aromatic heterocycles. The number of nitrogens with two attached hydrogens (primary N) is 1. The first-order chi connectivity index (χ1) is 8.61. The fourth-order valence-corrected chi connectivity index (χ4v) is 2.92. The minimum absolute atomic E-state index is 0.0796. The van der Waals surface area contributed by atoms with Crippen LogP contribution in [0.5, 0.6) is 0 Å². The Labute approximate surface area is 115 Å². The van der Waals surface area contributed by atoms with E-state index in [1.54, 1.807) is 0 Å². The lowest BCUT2D eigenvalue weighted by Crippen LogP contribution is -2.35. The van der Waals surface area contributed by atoms with Crippen LogP contribution in [-0.2, 0) is 0 Å². The number of benzene rings is 1. The molecule has 1 saturated heterocycles. The summed E-state index contributed by atoms with van der Waals surface area (Å²) < 4.78 is 0. The second-order valence-electron chi connectivity index (χ2n) is 5.41. The molecule has 0 unspecified atom stereocenters. The summed E-state index contributed by atoms with van der Waals surface area (Å²) in [6, 6.07) is 6.22. The van der Waals surface area contributed by atoms with Crippen LogP contribution in [-0.4, -0.2) is 13.1 Å². The van der Waals surface area contributed by atoms with Gasteiger partial charge in [-0.3, -0.25) is 0 Å². The maximum absolute atomic E-state index is 6.22. The number of anilines is 1. The highest BCUT2D eigenvalue weighted by molar-refractivity contribution is 6.30. The normalized spacial score (nSPS) is 22.0. The van der Waals surface area contributed by atoms with Gasteiger partial charge < -0.3 is 10.6 Å². The summed E-state index contributed by atoms with van der Waals surface area (Å²) in [7, 11) is 0. The minimum atomic E-state index is 0.0796. The van der Waals surface area contributed by atoms with Gasteiger partial charge in [0.05, 0.1) is 0 Å². The molecule has 1 aromatic rings. The molecule has 18 heavy (non-hydrogen) atoms. The van der Waals surface area contributed by atoms with E-state index in [2.05, 4.69) is 24.8 Å². The first-order valence-electron chi connectivity index (χ1n) is 6.91. The molecule has 100 valence electrons. The Morgan fingerprint density at radius 2 is 2.28 bits per heavy atom. The van der Waals surface area contributed by atoms with E-state index in [9.17, 15) is 0 Å². The van der Waals surface area contributed by atoms with E-state index in [1.807, 2.05) is 12.1 Å². The van der Waals surface area contributed by atoms with Crippen molar-refractivity contribution in [1.29, 1.82) is 0 Å². The van der Waals surface area contributed by atoms with Crippen molar-refractivity contribution in [3.8, 4) is 0 Å². The third-order valence-corrected chi connectivity index (χ3v) is 4.06. The molecular formula is C15H23ClN2. The molecule has 2 rings (SSSR count). The van der Waals surface area contributed by atoms with Gasteiger partial charge in [-0.15, -0.1) is 0 Å². The van der Waals surface area contributed by atoms with Gasteiger partial charge in [0.1, 0.15) is 0 Å². The van der Waals surface area contributed by atoms with Crippen molar-refractivity contribution >= 4 is 17.3 Å². The van der Waals surface area contributed by atoms with Crippen molar-refractivity contribution in [3.63, 3.8) is 0 Å². The molecule has 0 bridgehead atoms. The van der Waals surface area contributed by atoms with E-state index in [4.69, 9.17) is 17.3 Å². The first kappa shape index (κ1) is 13.7. The van der Waals surface area contributed by atoms with Crippen molar-refractivity contribution in [2.45, 2.75) is 39.2 Å². The van der Waals surface area contributed by atoms with Gasteiger partial charge in [-0.1, -0.05) is 25.4 Å². The van der Waals surface area contributed by atoms with Crippen molar-refractivity contribution in [3.05, 3.63) is 28.8 Å². The van der Waals surface area contributed by atoms with E-state index in [0.717, 1.165) is 30.5 Å². The van der Waals surface area contributed by atoms with Crippen LogP contribution in [0.15, 0.2) is 18.2 Å². The maximum Gasteiger partial charge on any atom is 0.0415 e. The second kappa shape index (κ2) is 5.94. The highest BCUT2D eigenvalue weighted by Crippen LogP contribution is 2.32. The maximum atomic E-state index is 6.22. The lowest BCUT2D eigenvalue weighted by Gasteiger charge is -2.35. The summed E-state index contributed by atoms with van der Waals surface area (Å²) in [6.07, 6.45) is 3.54. The number of halogens is 1. The predicted octanol–water partition coefficient (Wildman–Crippen LogP) is 3.99. The van der Waals surface area contributed by atoms with E-state index >= 15 is 0 Å². The van der Waals surface area contributed by atoms with Gasteiger partial charge in [0.15, 0.2) is 0 Å². The molecule has 0 radical (unpaired) electrons. The summed E-state index contributed by atoms with van der Waals surface area (Å²) in [6.45, 7) is 6.70. The molecule has 0 amide bonds. The standard InChI is InChI=1S/C15H23ClN2/c1-3-14(17)13-9-12(16)6-7-15(13)18-8-4-5-11(2)10-18/h6-7,9,11,14H,3-5,8,10,17H2,1-2H3/t11-,14-/m0/s1. The largest absolute Gasteiger partial charge is 0.371 e. The Morgan fingerprint density at radius 1 is 1.50 bits per heavy atom. The lowest BCUT2D eigenvalue weighted by atomic mass is 9.97. The zero-order valence-electron chi connectivity index (χ0n) is 11.3. The molecule has 1 aliphatic rings. The second-order valence-corrected chi connectivity index (χ2v) is 5.85. The number of nitrogens with zero attached hydrogens (tertiary/aromatic N) is 1. The molecule has 2 N–H and O–H groups in total. The van der Waals surface area contributed by atoms with Gasteiger partial charge in [-0.25, -0.2) is 0 Å². The monoisotopic (exact) mass is 266 g/mol. The van der Waals surface area contributed by atoms with Crippen molar-refractivity contribution in [2.75, 3.05) is 18.0 Å². The Bertz CT molecular complexity index is 405. The van der Waals surface area contributed by atoms with Crippen LogP contribution in [0.4, 0.5) is 5.69 Å². The molecule has 2 atom stereocenters. The topological polar surface area (TPSA) is 29.3 Å². The average molecular weight is 267 g/mol. The summed E-state index contributed by atoms with van der Waals surface area (Å²) >= 11 is 6.11. The summed E-state index contributed by atoms with van der Waals surface area (Å²) in [5, 5.41) is 0.780. The molecule has 1 aliphatic heterocycles.